The van der Waals surface area contributed by atoms with Gasteiger partial charge in [0.05, 0.1) is 36.0 Å². The number of thioether (sulfide) groups is 1. The molecular formula is C24H25FN6O3S. The van der Waals surface area contributed by atoms with E-state index in [1.54, 1.807) is 27.7 Å². The van der Waals surface area contributed by atoms with E-state index >= 15 is 0 Å². The molecule has 0 aliphatic carbocycles. The summed E-state index contributed by atoms with van der Waals surface area (Å²) in [5, 5.41) is 12.1. The van der Waals surface area contributed by atoms with Crippen molar-refractivity contribution >= 4 is 40.9 Å². The number of ether oxygens (including phenoxy) is 1. The number of morpholine rings is 1. The van der Waals surface area contributed by atoms with Gasteiger partial charge in [-0.3, -0.25) is 14.2 Å². The van der Waals surface area contributed by atoms with Crippen LogP contribution in [-0.2, 0) is 14.3 Å². The number of halogens is 1. The van der Waals surface area contributed by atoms with E-state index < -0.39 is 0 Å². The van der Waals surface area contributed by atoms with Crippen molar-refractivity contribution in [3.63, 3.8) is 0 Å². The van der Waals surface area contributed by atoms with Gasteiger partial charge in [-0.2, -0.15) is 0 Å². The molecule has 0 saturated carbocycles. The van der Waals surface area contributed by atoms with E-state index in [0.717, 1.165) is 0 Å². The molecule has 5 rings (SSSR count). The van der Waals surface area contributed by atoms with Crippen LogP contribution in [0.1, 0.15) is 13.3 Å². The molecule has 0 spiro atoms. The van der Waals surface area contributed by atoms with E-state index in [1.807, 2.05) is 30.0 Å². The topological polar surface area (TPSA) is 92.6 Å². The van der Waals surface area contributed by atoms with Crippen LogP contribution >= 0.6 is 11.8 Å². The van der Waals surface area contributed by atoms with Crippen LogP contribution in [0.2, 0.25) is 0 Å². The molecule has 3 heterocycles. The van der Waals surface area contributed by atoms with Crippen LogP contribution in [0, 0.1) is 5.82 Å². The molecule has 182 valence electrons. The summed E-state index contributed by atoms with van der Waals surface area (Å²) in [6.07, 6.45) is 0.200. The molecule has 11 heteroatoms. The lowest BCUT2D eigenvalue weighted by atomic mass is 10.2. The van der Waals surface area contributed by atoms with E-state index in [9.17, 15) is 14.0 Å². The second-order valence-electron chi connectivity index (χ2n) is 8.37. The summed E-state index contributed by atoms with van der Waals surface area (Å²) >= 11 is 1.23. The van der Waals surface area contributed by atoms with Gasteiger partial charge in [0.1, 0.15) is 5.82 Å². The fraction of sp³-hybridized carbons (Fsp3) is 0.333. The number of fused-ring (bicyclic) bond motifs is 1. The van der Waals surface area contributed by atoms with Gasteiger partial charge in [0.25, 0.3) is 0 Å². The third-order valence-electron chi connectivity index (χ3n) is 5.93. The summed E-state index contributed by atoms with van der Waals surface area (Å²) in [5.74, 6) is -0.00816. The minimum absolute atomic E-state index is 0.0728. The lowest BCUT2D eigenvalue weighted by molar-refractivity contribution is -0.117. The zero-order valence-corrected chi connectivity index (χ0v) is 20.0. The number of benzene rings is 2. The number of carbonyl (C=O) groups excluding carboxylic acids is 2. The second kappa shape index (κ2) is 10.0. The Hall–Kier alpha value is -3.44. The van der Waals surface area contributed by atoms with E-state index in [-0.39, 0.29) is 35.8 Å². The van der Waals surface area contributed by atoms with Crippen LogP contribution in [0.3, 0.4) is 0 Å². The molecule has 1 aromatic heterocycles. The van der Waals surface area contributed by atoms with Crippen LogP contribution in [0.4, 0.5) is 21.7 Å². The Labute approximate surface area is 206 Å². The standard InChI is InChI=1S/C24H25FN6O3S/c1-16-13-21(32)26-19-7-2-3-8-20(19)30(16)22(33)15-35-24-28-27-23(29-9-11-34-12-10-29)31(24)18-6-4-5-17(25)14-18/h2-8,14,16H,9-13,15H2,1H3,(H,26,32). The molecule has 35 heavy (non-hydrogen) atoms. The average Bonchev–Trinajstić information content (AvgIpc) is 3.23. The Morgan fingerprint density at radius 2 is 1.97 bits per heavy atom. The van der Waals surface area contributed by atoms with Crippen molar-refractivity contribution < 1.29 is 18.7 Å². The first-order valence-electron chi connectivity index (χ1n) is 11.4. The number of nitrogens with zero attached hydrogens (tertiary/aromatic N) is 5. The number of amides is 2. The van der Waals surface area contributed by atoms with Gasteiger partial charge in [0, 0.05) is 25.6 Å². The fourth-order valence-corrected chi connectivity index (χ4v) is 5.14. The minimum Gasteiger partial charge on any atom is -0.378 e. The van der Waals surface area contributed by atoms with Crippen LogP contribution in [-0.4, -0.2) is 64.7 Å². The summed E-state index contributed by atoms with van der Waals surface area (Å²) < 4.78 is 21.3. The van der Waals surface area contributed by atoms with Crippen molar-refractivity contribution in [2.24, 2.45) is 0 Å². The number of carbonyl (C=O) groups is 2. The van der Waals surface area contributed by atoms with Gasteiger partial charge < -0.3 is 19.9 Å². The zero-order valence-electron chi connectivity index (χ0n) is 19.2. The molecule has 1 atom stereocenters. The molecule has 0 radical (unpaired) electrons. The van der Waals surface area contributed by atoms with Crippen molar-refractivity contribution in [1.29, 1.82) is 0 Å². The highest BCUT2D eigenvalue weighted by Gasteiger charge is 2.30. The Morgan fingerprint density at radius 3 is 2.77 bits per heavy atom. The first-order valence-corrected chi connectivity index (χ1v) is 12.4. The first-order chi connectivity index (χ1) is 17.0. The number of para-hydroxylation sites is 2. The highest BCUT2D eigenvalue weighted by Crippen LogP contribution is 2.33. The average molecular weight is 497 g/mol. The Balaban J connectivity index is 1.43. The van der Waals surface area contributed by atoms with Gasteiger partial charge >= 0.3 is 0 Å². The molecule has 1 fully saturated rings. The fourth-order valence-electron chi connectivity index (χ4n) is 4.33. The molecule has 2 aromatic carbocycles. The van der Waals surface area contributed by atoms with Gasteiger partial charge in [-0.1, -0.05) is 30.0 Å². The molecule has 1 saturated heterocycles. The maximum absolute atomic E-state index is 14.1. The van der Waals surface area contributed by atoms with Crippen molar-refractivity contribution in [1.82, 2.24) is 14.8 Å². The van der Waals surface area contributed by atoms with Crippen LogP contribution < -0.4 is 15.1 Å². The highest BCUT2D eigenvalue weighted by molar-refractivity contribution is 7.99. The van der Waals surface area contributed by atoms with Crippen molar-refractivity contribution in [3.05, 3.63) is 54.3 Å². The molecule has 1 N–H and O–H groups in total. The van der Waals surface area contributed by atoms with Gasteiger partial charge in [-0.05, 0) is 37.3 Å². The van der Waals surface area contributed by atoms with E-state index in [4.69, 9.17) is 4.74 Å². The highest BCUT2D eigenvalue weighted by atomic mass is 32.2. The van der Waals surface area contributed by atoms with Crippen LogP contribution in [0.5, 0.6) is 0 Å². The number of hydrogen-bond donors (Lipinski definition) is 1. The van der Waals surface area contributed by atoms with Crippen molar-refractivity contribution in [2.45, 2.75) is 24.5 Å². The molecule has 3 aromatic rings. The second-order valence-corrected chi connectivity index (χ2v) is 9.31. The van der Waals surface area contributed by atoms with Gasteiger partial charge in [0.2, 0.25) is 17.8 Å². The maximum atomic E-state index is 14.1. The normalized spacial score (nSPS) is 18.1. The largest absolute Gasteiger partial charge is 0.378 e. The SMILES string of the molecule is CC1CC(=O)Nc2ccccc2N1C(=O)CSc1nnc(N2CCOCC2)n1-c1cccc(F)c1. The Bertz CT molecular complexity index is 1250. The van der Waals surface area contributed by atoms with Gasteiger partial charge in [-0.25, -0.2) is 4.39 Å². The number of anilines is 3. The van der Waals surface area contributed by atoms with Gasteiger partial charge in [-0.15, -0.1) is 10.2 Å². The molecule has 0 bridgehead atoms. The third kappa shape index (κ3) is 4.87. The number of nitrogens with one attached hydrogen (secondary N) is 1. The molecule has 1 unspecified atom stereocenters. The van der Waals surface area contributed by atoms with Gasteiger partial charge in [0.15, 0.2) is 5.16 Å². The predicted molar refractivity (Wildman–Crippen MR) is 132 cm³/mol. The van der Waals surface area contributed by atoms with Crippen LogP contribution in [0.25, 0.3) is 5.69 Å². The lowest BCUT2D eigenvalue weighted by Gasteiger charge is -2.28. The smallest absolute Gasteiger partial charge is 0.237 e. The summed E-state index contributed by atoms with van der Waals surface area (Å²) in [7, 11) is 0. The minimum atomic E-state index is -0.372. The predicted octanol–water partition coefficient (Wildman–Crippen LogP) is 3.10. The Kier molecular flexibility index (Phi) is 6.69. The lowest BCUT2D eigenvalue weighted by Crippen LogP contribution is -2.40. The van der Waals surface area contributed by atoms with E-state index in [0.29, 0.717) is 54.5 Å². The molecule has 2 aliphatic rings. The van der Waals surface area contributed by atoms with Crippen molar-refractivity contribution in [2.75, 3.05) is 47.2 Å². The summed E-state index contributed by atoms with van der Waals surface area (Å²) in [5.41, 5.74) is 1.85. The quantitative estimate of drug-likeness (QED) is 0.543. The monoisotopic (exact) mass is 496 g/mol. The van der Waals surface area contributed by atoms with Crippen LogP contribution in [0.15, 0.2) is 53.7 Å². The zero-order chi connectivity index (χ0) is 24.4. The summed E-state index contributed by atoms with van der Waals surface area (Å²) in [6.45, 7) is 4.27. The molecule has 2 aliphatic heterocycles. The molecule has 9 nitrogen and oxygen atoms in total. The number of aromatic nitrogens is 3. The summed E-state index contributed by atoms with van der Waals surface area (Å²) in [4.78, 5) is 29.4. The van der Waals surface area contributed by atoms with E-state index in [2.05, 4.69) is 15.5 Å². The van der Waals surface area contributed by atoms with E-state index in [1.165, 1.54) is 23.9 Å². The Morgan fingerprint density at radius 1 is 1.17 bits per heavy atom. The maximum Gasteiger partial charge on any atom is 0.237 e. The third-order valence-corrected chi connectivity index (χ3v) is 6.84. The molecular weight excluding hydrogens is 471 g/mol. The summed E-state index contributed by atoms with van der Waals surface area (Å²) in [6, 6.07) is 13.2. The first kappa shape index (κ1) is 23.3. The number of hydrogen-bond acceptors (Lipinski definition) is 7. The van der Waals surface area contributed by atoms with Crippen molar-refractivity contribution in [3.8, 4) is 5.69 Å². The molecule has 2 amide bonds. The number of rotatable bonds is 5.